The van der Waals surface area contributed by atoms with Crippen LogP contribution < -0.4 is 5.32 Å². The minimum absolute atomic E-state index is 0.0423. The fourth-order valence-corrected chi connectivity index (χ4v) is 1.81. The van der Waals surface area contributed by atoms with E-state index in [0.717, 1.165) is 0 Å². The van der Waals surface area contributed by atoms with Gasteiger partial charge < -0.3 is 9.80 Å². The van der Waals surface area contributed by atoms with Crippen LogP contribution in [0, 0.1) is 22.7 Å². The van der Waals surface area contributed by atoms with E-state index >= 15 is 0 Å². The molecule has 5 nitrogen and oxygen atoms in total. The largest absolute Gasteiger partial charge is 0.384 e. The summed E-state index contributed by atoms with van der Waals surface area (Å²) in [7, 11) is 3.95. The molecule has 0 aromatic heterocycles. The summed E-state index contributed by atoms with van der Waals surface area (Å²) < 4.78 is 0.531. The lowest BCUT2D eigenvalue weighted by molar-refractivity contribution is -0.880. The Balaban J connectivity index is 2.48. The Morgan fingerprint density at radius 3 is 2.43 bits per heavy atom. The third-order valence-corrected chi connectivity index (χ3v) is 3.02. The van der Waals surface area contributed by atoms with Gasteiger partial charge in [-0.1, -0.05) is 30.3 Å². The number of ketones is 1. The first-order chi connectivity index (χ1) is 9.98. The Morgan fingerprint density at radius 2 is 1.86 bits per heavy atom. The number of carbonyl (C=O) groups excluding carboxylic acids is 1. The standard InChI is InChI=1S/C16H19N4O/c1-20(2,9-8-19-12-14(10-17)11-18)13-16(21)15-6-4-3-5-7-15/h3-7,12,19H,8-9,13H2,1-2H3/q+1. The van der Waals surface area contributed by atoms with Gasteiger partial charge in [0, 0.05) is 11.8 Å². The van der Waals surface area contributed by atoms with Crippen LogP contribution in [0.2, 0.25) is 0 Å². The molecule has 0 saturated heterocycles. The molecule has 0 spiro atoms. The summed E-state index contributed by atoms with van der Waals surface area (Å²) in [6, 6.07) is 12.8. The average Bonchev–Trinajstić information content (AvgIpc) is 2.48. The van der Waals surface area contributed by atoms with Crippen LogP contribution in [0.25, 0.3) is 0 Å². The van der Waals surface area contributed by atoms with Gasteiger partial charge in [0.05, 0.1) is 27.2 Å². The van der Waals surface area contributed by atoms with Gasteiger partial charge in [-0.05, 0) is 0 Å². The SMILES string of the molecule is C[N+](C)(CCNC=C(C#N)C#N)CC(=O)c1ccccc1. The van der Waals surface area contributed by atoms with Crippen molar-refractivity contribution in [2.75, 3.05) is 33.7 Å². The van der Waals surface area contributed by atoms with Crippen LogP contribution in [0.1, 0.15) is 10.4 Å². The number of hydrogen-bond acceptors (Lipinski definition) is 4. The number of carbonyl (C=O) groups is 1. The monoisotopic (exact) mass is 283 g/mol. The van der Waals surface area contributed by atoms with Crippen LogP contribution in [0.4, 0.5) is 0 Å². The van der Waals surface area contributed by atoms with Crippen molar-refractivity contribution in [3.05, 3.63) is 47.7 Å². The highest BCUT2D eigenvalue weighted by Crippen LogP contribution is 2.05. The van der Waals surface area contributed by atoms with E-state index in [4.69, 9.17) is 10.5 Å². The number of nitrogens with zero attached hydrogens (tertiary/aromatic N) is 3. The summed E-state index contributed by atoms with van der Waals surface area (Å²) in [5.41, 5.74) is 0.758. The molecule has 0 aliphatic carbocycles. The molecule has 5 heteroatoms. The molecule has 0 amide bonds. The molecule has 0 radical (unpaired) electrons. The van der Waals surface area contributed by atoms with Crippen molar-refractivity contribution < 1.29 is 9.28 Å². The summed E-state index contributed by atoms with van der Waals surface area (Å²) in [6.45, 7) is 1.69. The number of benzene rings is 1. The number of quaternary nitrogens is 1. The Kier molecular flexibility index (Phi) is 6.13. The molecule has 1 N–H and O–H groups in total. The van der Waals surface area contributed by atoms with Crippen LogP contribution in [0.3, 0.4) is 0 Å². The van der Waals surface area contributed by atoms with Crippen molar-refractivity contribution in [3.8, 4) is 12.1 Å². The molecule has 1 rings (SSSR count). The second kappa shape index (κ2) is 7.84. The Bertz CT molecular complexity index is 575. The normalized spacial score (nSPS) is 10.1. The highest BCUT2D eigenvalue weighted by atomic mass is 16.1. The molecule has 0 heterocycles. The summed E-state index contributed by atoms with van der Waals surface area (Å²) in [6.07, 6.45) is 1.40. The van der Waals surface area contributed by atoms with Gasteiger partial charge in [0.25, 0.3) is 0 Å². The molecule has 0 saturated carbocycles. The lowest BCUT2D eigenvalue weighted by Gasteiger charge is -2.29. The molecule has 0 aliphatic heterocycles. The predicted molar refractivity (Wildman–Crippen MR) is 79.9 cm³/mol. The number of hydrogen-bond donors (Lipinski definition) is 1. The van der Waals surface area contributed by atoms with Gasteiger partial charge in [0.1, 0.15) is 24.3 Å². The molecule has 0 bridgehead atoms. The zero-order valence-electron chi connectivity index (χ0n) is 12.3. The zero-order valence-corrected chi connectivity index (χ0v) is 12.3. The highest BCUT2D eigenvalue weighted by molar-refractivity contribution is 5.96. The summed E-state index contributed by atoms with van der Waals surface area (Å²) in [4.78, 5) is 12.2. The Hall–Kier alpha value is -2.63. The van der Waals surface area contributed by atoms with E-state index in [0.29, 0.717) is 29.7 Å². The lowest BCUT2D eigenvalue weighted by Crippen LogP contribution is -2.47. The second-order valence-electron chi connectivity index (χ2n) is 5.34. The van der Waals surface area contributed by atoms with Gasteiger partial charge in [-0.2, -0.15) is 10.5 Å². The van der Waals surface area contributed by atoms with Gasteiger partial charge in [0.15, 0.2) is 0 Å². The fraction of sp³-hybridized carbons (Fsp3) is 0.312. The minimum atomic E-state index is 0.0423. The smallest absolute Gasteiger partial charge is 0.216 e. The third-order valence-electron chi connectivity index (χ3n) is 3.02. The maximum absolute atomic E-state index is 12.2. The Labute approximate surface area is 125 Å². The van der Waals surface area contributed by atoms with Gasteiger partial charge >= 0.3 is 0 Å². The van der Waals surface area contributed by atoms with E-state index < -0.39 is 0 Å². The van der Waals surface area contributed by atoms with Crippen molar-refractivity contribution in [2.24, 2.45) is 0 Å². The van der Waals surface area contributed by atoms with Crippen LogP contribution in [0.5, 0.6) is 0 Å². The second-order valence-corrected chi connectivity index (χ2v) is 5.34. The van der Waals surface area contributed by atoms with Gasteiger partial charge in [-0.3, -0.25) is 4.79 Å². The van der Waals surface area contributed by atoms with E-state index in [1.165, 1.54) is 6.20 Å². The molecule has 1 aromatic carbocycles. The number of nitriles is 2. The minimum Gasteiger partial charge on any atom is -0.384 e. The molecule has 21 heavy (non-hydrogen) atoms. The number of likely N-dealkylation sites (N-methyl/N-ethyl adjacent to an activating group) is 1. The van der Waals surface area contributed by atoms with Crippen LogP contribution in [-0.2, 0) is 0 Å². The van der Waals surface area contributed by atoms with E-state index in [1.807, 2.05) is 44.4 Å². The quantitative estimate of drug-likeness (QED) is 0.356. The average molecular weight is 283 g/mol. The molecule has 108 valence electrons. The lowest BCUT2D eigenvalue weighted by atomic mass is 10.1. The maximum atomic E-state index is 12.2. The van der Waals surface area contributed by atoms with Crippen LogP contribution in [-0.4, -0.2) is 44.0 Å². The highest BCUT2D eigenvalue weighted by Gasteiger charge is 2.20. The first-order valence-electron chi connectivity index (χ1n) is 6.62. The molecule has 1 aromatic rings. The van der Waals surface area contributed by atoms with Crippen molar-refractivity contribution in [2.45, 2.75) is 0 Å². The molecule has 0 atom stereocenters. The number of nitrogens with one attached hydrogen (secondary N) is 1. The molecule has 0 aliphatic rings. The van der Waals surface area contributed by atoms with Gasteiger partial charge in [-0.15, -0.1) is 0 Å². The first-order valence-corrected chi connectivity index (χ1v) is 6.62. The molecule has 0 fully saturated rings. The van der Waals surface area contributed by atoms with Crippen molar-refractivity contribution >= 4 is 5.78 Å². The van der Waals surface area contributed by atoms with Crippen molar-refractivity contribution in [3.63, 3.8) is 0 Å². The summed E-state index contributed by atoms with van der Waals surface area (Å²) in [5, 5.41) is 20.1. The van der Waals surface area contributed by atoms with E-state index in [1.54, 1.807) is 12.1 Å². The van der Waals surface area contributed by atoms with Gasteiger partial charge in [-0.25, -0.2) is 0 Å². The third kappa shape index (κ3) is 5.90. The first kappa shape index (κ1) is 16.4. The Morgan fingerprint density at radius 1 is 1.24 bits per heavy atom. The fourth-order valence-electron chi connectivity index (χ4n) is 1.81. The van der Waals surface area contributed by atoms with Gasteiger partial charge in [0.2, 0.25) is 5.78 Å². The molecule has 0 unspecified atom stereocenters. The maximum Gasteiger partial charge on any atom is 0.216 e. The van der Waals surface area contributed by atoms with Crippen molar-refractivity contribution in [1.29, 1.82) is 10.5 Å². The van der Waals surface area contributed by atoms with Crippen molar-refractivity contribution in [1.82, 2.24) is 5.32 Å². The van der Waals surface area contributed by atoms with Crippen LogP contribution in [0.15, 0.2) is 42.1 Å². The predicted octanol–water partition coefficient (Wildman–Crippen LogP) is 1.47. The number of Topliss-reactive ketones (excluding diaryl/α,β-unsaturated/α-hetero) is 1. The summed E-state index contributed by atoms with van der Waals surface area (Å²) >= 11 is 0. The van der Waals surface area contributed by atoms with E-state index in [2.05, 4.69) is 5.32 Å². The topological polar surface area (TPSA) is 76.7 Å². The number of rotatable bonds is 7. The number of allylic oxidation sites excluding steroid dienone is 1. The molecular formula is C16H19N4O+. The van der Waals surface area contributed by atoms with E-state index in [-0.39, 0.29) is 11.4 Å². The van der Waals surface area contributed by atoms with Crippen LogP contribution >= 0.6 is 0 Å². The molecular weight excluding hydrogens is 264 g/mol. The zero-order chi connectivity index (χ0) is 15.7. The summed E-state index contributed by atoms with van der Waals surface area (Å²) in [5.74, 6) is 0.103. The van der Waals surface area contributed by atoms with E-state index in [9.17, 15) is 4.79 Å².